The summed E-state index contributed by atoms with van der Waals surface area (Å²) in [7, 11) is -2.49. The van der Waals surface area contributed by atoms with Crippen molar-refractivity contribution in [2.75, 3.05) is 4.90 Å². The van der Waals surface area contributed by atoms with Crippen LogP contribution >= 0.6 is 0 Å². The molecule has 0 aromatic heterocycles. The molecular weight excluding hydrogens is 442 g/mol. The Kier molecular flexibility index (Phi) is 7.69. The summed E-state index contributed by atoms with van der Waals surface area (Å²) >= 11 is 0. The molecule has 0 fully saturated rings. The zero-order chi connectivity index (χ0) is 24.8. The number of nitrogens with zero attached hydrogens (tertiary/aromatic N) is 1. The fourth-order valence-electron chi connectivity index (χ4n) is 4.72. The van der Waals surface area contributed by atoms with E-state index in [9.17, 15) is 4.80 Å². The van der Waals surface area contributed by atoms with E-state index >= 15 is 0 Å². The van der Waals surface area contributed by atoms with Crippen LogP contribution in [-0.4, -0.2) is 13.1 Å². The van der Waals surface area contributed by atoms with Crippen LogP contribution in [0.3, 0.4) is 0 Å². The van der Waals surface area contributed by atoms with Crippen LogP contribution in [0.2, 0.25) is 11.1 Å². The van der Waals surface area contributed by atoms with Gasteiger partial charge in [-0.3, -0.25) is 0 Å². The Balaban J connectivity index is 1.54. The van der Waals surface area contributed by atoms with E-state index in [-0.39, 0.29) is 11.1 Å². The Morgan fingerprint density at radius 2 is 0.914 bits per heavy atom. The molecule has 1 N–H and O–H groups in total. The molecule has 0 spiro atoms. The maximum atomic E-state index is 11.4. The van der Waals surface area contributed by atoms with Crippen molar-refractivity contribution in [1.29, 1.82) is 0 Å². The van der Waals surface area contributed by atoms with E-state index in [1.807, 2.05) is 12.1 Å². The molecule has 0 atom stereocenters. The Labute approximate surface area is 211 Å². The lowest BCUT2D eigenvalue weighted by Gasteiger charge is -2.33. The van der Waals surface area contributed by atoms with Crippen molar-refractivity contribution in [3.8, 4) is 0 Å². The van der Waals surface area contributed by atoms with Crippen molar-refractivity contribution in [2.45, 2.75) is 38.8 Å². The molecule has 0 bridgehead atoms. The van der Waals surface area contributed by atoms with Gasteiger partial charge in [-0.1, -0.05) is 113 Å². The molecule has 0 saturated carbocycles. The van der Waals surface area contributed by atoms with Crippen molar-refractivity contribution < 1.29 is 4.80 Å². The third-order valence-corrected chi connectivity index (χ3v) is 11.6. The standard InChI is InChI=1S/C32H35NOSi/c1-25(2)35(34,26(3)4)32-23-19-28(20-24-32)16-15-27-17-21-31(22-18-27)33(29-11-7-5-8-12-29)30-13-9-6-10-14-30/h5-26,34H,1-4H3. The molecule has 4 aromatic rings. The first kappa shape index (κ1) is 24.7. The van der Waals surface area contributed by atoms with Crippen molar-refractivity contribution in [2.24, 2.45) is 0 Å². The Morgan fingerprint density at radius 3 is 1.31 bits per heavy atom. The van der Waals surface area contributed by atoms with E-state index in [2.05, 4.69) is 142 Å². The van der Waals surface area contributed by atoms with Crippen molar-refractivity contribution in [1.82, 2.24) is 0 Å². The van der Waals surface area contributed by atoms with E-state index in [0.717, 1.165) is 33.4 Å². The first-order chi connectivity index (χ1) is 16.9. The van der Waals surface area contributed by atoms with E-state index in [0.29, 0.717) is 0 Å². The van der Waals surface area contributed by atoms with Crippen LogP contribution in [-0.2, 0) is 0 Å². The summed E-state index contributed by atoms with van der Waals surface area (Å²) in [5, 5.41) is 1.12. The van der Waals surface area contributed by atoms with Crippen LogP contribution in [0.25, 0.3) is 12.2 Å². The van der Waals surface area contributed by atoms with E-state index < -0.39 is 8.32 Å². The fraction of sp³-hybridized carbons (Fsp3) is 0.188. The molecule has 0 aliphatic rings. The minimum Gasteiger partial charge on any atom is -0.427 e. The summed E-state index contributed by atoms with van der Waals surface area (Å²) in [6.07, 6.45) is 4.28. The Hall–Kier alpha value is -3.40. The molecular formula is C32H35NOSi. The highest BCUT2D eigenvalue weighted by Crippen LogP contribution is 2.34. The minimum atomic E-state index is -2.49. The SMILES string of the molecule is CC(C)[Si](O)(c1ccc(C=Cc2ccc(N(c3ccccc3)c3ccccc3)cc2)cc1)C(C)C. The van der Waals surface area contributed by atoms with Crippen LogP contribution in [0.15, 0.2) is 109 Å². The largest absolute Gasteiger partial charge is 0.427 e. The molecule has 0 saturated heterocycles. The Morgan fingerprint density at radius 1 is 0.543 bits per heavy atom. The molecule has 4 rings (SSSR count). The van der Waals surface area contributed by atoms with Crippen molar-refractivity contribution >= 4 is 42.7 Å². The fourth-order valence-corrected chi connectivity index (χ4v) is 8.09. The number of hydrogen-bond acceptors (Lipinski definition) is 2. The molecule has 0 unspecified atom stereocenters. The van der Waals surface area contributed by atoms with Crippen LogP contribution in [0, 0.1) is 0 Å². The highest BCUT2D eigenvalue weighted by Gasteiger charge is 2.40. The summed E-state index contributed by atoms with van der Waals surface area (Å²) in [4.78, 5) is 13.7. The predicted molar refractivity (Wildman–Crippen MR) is 154 cm³/mol. The highest BCUT2D eigenvalue weighted by atomic mass is 28.4. The molecule has 35 heavy (non-hydrogen) atoms. The number of para-hydroxylation sites is 2. The summed E-state index contributed by atoms with van der Waals surface area (Å²) in [6, 6.07) is 38.0. The summed E-state index contributed by atoms with van der Waals surface area (Å²) in [5.74, 6) is 0. The maximum absolute atomic E-state index is 11.4. The molecule has 178 valence electrons. The number of anilines is 3. The highest BCUT2D eigenvalue weighted by molar-refractivity contribution is 6.87. The lowest BCUT2D eigenvalue weighted by atomic mass is 10.1. The second-order valence-electron chi connectivity index (χ2n) is 9.69. The lowest BCUT2D eigenvalue weighted by molar-refractivity contribution is 0.513. The van der Waals surface area contributed by atoms with Gasteiger partial charge in [0.05, 0.1) is 0 Å². The molecule has 0 aliphatic carbocycles. The van der Waals surface area contributed by atoms with Crippen LogP contribution in [0.5, 0.6) is 0 Å². The molecule has 0 radical (unpaired) electrons. The van der Waals surface area contributed by atoms with E-state index in [1.165, 1.54) is 0 Å². The second-order valence-corrected chi connectivity index (χ2v) is 14.2. The average Bonchev–Trinajstić information content (AvgIpc) is 2.89. The molecule has 3 heteroatoms. The van der Waals surface area contributed by atoms with Gasteiger partial charge in [-0.2, -0.15) is 0 Å². The van der Waals surface area contributed by atoms with Gasteiger partial charge in [0, 0.05) is 17.1 Å². The second kappa shape index (κ2) is 10.9. The van der Waals surface area contributed by atoms with Gasteiger partial charge >= 0.3 is 0 Å². The molecule has 0 aliphatic heterocycles. The van der Waals surface area contributed by atoms with Crippen molar-refractivity contribution in [3.05, 3.63) is 120 Å². The Bertz CT molecular complexity index is 1180. The molecule has 0 amide bonds. The van der Waals surface area contributed by atoms with Gasteiger partial charge < -0.3 is 9.70 Å². The summed E-state index contributed by atoms with van der Waals surface area (Å²) in [6.45, 7) is 8.56. The van der Waals surface area contributed by atoms with Crippen LogP contribution < -0.4 is 10.1 Å². The first-order valence-electron chi connectivity index (χ1n) is 12.4. The number of benzene rings is 4. The van der Waals surface area contributed by atoms with E-state index in [4.69, 9.17) is 0 Å². The topological polar surface area (TPSA) is 23.5 Å². The smallest absolute Gasteiger partial charge is 0.225 e. The molecule has 4 aromatic carbocycles. The van der Waals surface area contributed by atoms with E-state index in [1.54, 1.807) is 0 Å². The monoisotopic (exact) mass is 477 g/mol. The quantitative estimate of drug-likeness (QED) is 0.204. The van der Waals surface area contributed by atoms with Gasteiger partial charge in [-0.15, -0.1) is 0 Å². The van der Waals surface area contributed by atoms with Gasteiger partial charge in [0.2, 0.25) is 8.32 Å². The van der Waals surface area contributed by atoms with Crippen LogP contribution in [0.4, 0.5) is 17.1 Å². The number of hydrogen-bond donors (Lipinski definition) is 1. The molecule has 2 nitrogen and oxygen atoms in total. The van der Waals surface area contributed by atoms with Crippen molar-refractivity contribution in [3.63, 3.8) is 0 Å². The third kappa shape index (κ3) is 5.48. The van der Waals surface area contributed by atoms with Gasteiger partial charge in [0.25, 0.3) is 0 Å². The lowest BCUT2D eigenvalue weighted by Crippen LogP contribution is -2.53. The minimum absolute atomic E-state index is 0.286. The maximum Gasteiger partial charge on any atom is 0.225 e. The normalized spacial score (nSPS) is 12.0. The third-order valence-electron chi connectivity index (χ3n) is 6.78. The van der Waals surface area contributed by atoms with Gasteiger partial charge in [0.15, 0.2) is 0 Å². The van der Waals surface area contributed by atoms with Gasteiger partial charge in [0.1, 0.15) is 0 Å². The van der Waals surface area contributed by atoms with Gasteiger partial charge in [-0.05, 0) is 63.8 Å². The summed E-state index contributed by atoms with van der Waals surface area (Å²) in [5.41, 5.74) is 6.24. The molecule has 0 heterocycles. The van der Waals surface area contributed by atoms with Gasteiger partial charge in [-0.25, -0.2) is 0 Å². The predicted octanol–water partition coefficient (Wildman–Crippen LogP) is 8.29. The average molecular weight is 478 g/mol. The zero-order valence-corrected chi connectivity index (χ0v) is 22.1. The zero-order valence-electron chi connectivity index (χ0n) is 21.1. The summed E-state index contributed by atoms with van der Waals surface area (Å²) < 4.78 is 0. The van der Waals surface area contributed by atoms with Crippen LogP contribution in [0.1, 0.15) is 38.8 Å². The first-order valence-corrected chi connectivity index (χ1v) is 14.5. The number of rotatable bonds is 8.